The van der Waals surface area contributed by atoms with Gasteiger partial charge in [0.05, 0.1) is 0 Å². The van der Waals surface area contributed by atoms with Crippen LogP contribution in [0.4, 0.5) is 0 Å². The van der Waals surface area contributed by atoms with Gasteiger partial charge in [-0.25, -0.2) is 0 Å². The molecule has 3 rings (SSSR count). The van der Waals surface area contributed by atoms with E-state index in [0.29, 0.717) is 44.3 Å². The molecule has 3 aliphatic carbocycles. The van der Waals surface area contributed by atoms with Crippen LogP contribution in [0.15, 0.2) is 176 Å². The Balaban J connectivity index is 1.60. The Labute approximate surface area is 496 Å². The molecule has 5 amide bonds. The van der Waals surface area contributed by atoms with Crippen LogP contribution in [0, 0.1) is 16.2 Å². The molecule has 0 aromatic carbocycles. The first kappa shape index (κ1) is 69.7. The zero-order chi connectivity index (χ0) is 61.0. The summed E-state index contributed by atoms with van der Waals surface area (Å²) in [7, 11) is 0. The molecule has 0 bridgehead atoms. The second-order valence-electron chi connectivity index (χ2n) is 25.4. The molecule has 0 saturated heterocycles. The van der Waals surface area contributed by atoms with E-state index in [-0.39, 0.29) is 40.9 Å². The average molecular weight is 1120 g/mol. The van der Waals surface area contributed by atoms with Crippen LogP contribution in [0.3, 0.4) is 0 Å². The Morgan fingerprint density at radius 2 is 0.780 bits per heavy atom. The normalized spacial score (nSPS) is 19.6. The Kier molecular flexibility index (Phi) is 29.6. The predicted molar refractivity (Wildman–Crippen MR) is 345 cm³/mol. The van der Waals surface area contributed by atoms with Gasteiger partial charge in [-0.05, 0) is 208 Å². The van der Waals surface area contributed by atoms with Crippen LogP contribution < -0.4 is 27.0 Å². The van der Waals surface area contributed by atoms with Crippen LogP contribution in [-0.4, -0.2) is 54.7 Å². The molecule has 0 unspecified atom stereocenters. The number of nitrogens with two attached hydrogens (primary N) is 1. The molecule has 0 aliphatic heterocycles. The van der Waals surface area contributed by atoms with Crippen LogP contribution in [0.5, 0.6) is 0 Å². The number of carbonyl (C=O) groups is 5. The molecule has 10 nitrogen and oxygen atoms in total. The van der Waals surface area contributed by atoms with Crippen molar-refractivity contribution in [3.63, 3.8) is 0 Å². The third kappa shape index (κ3) is 26.1. The van der Waals surface area contributed by atoms with Gasteiger partial charge in [-0.2, -0.15) is 0 Å². The molecule has 0 aromatic heterocycles. The molecule has 448 valence electrons. The topological polar surface area (TPSA) is 159 Å². The summed E-state index contributed by atoms with van der Waals surface area (Å²) >= 11 is 0. The van der Waals surface area contributed by atoms with Crippen molar-refractivity contribution in [2.75, 3.05) is 13.1 Å². The Hall–Kier alpha value is -6.55. The number of unbranched alkanes of at least 4 members (excludes halogenated alkanes) is 2. The fraction of sp³-hybridized carbons (Fsp3) is 0.514. The number of hydrogen-bond donors (Lipinski definition) is 5. The molecule has 0 fully saturated rings. The summed E-state index contributed by atoms with van der Waals surface area (Å²) in [6, 6.07) is -1.96. The van der Waals surface area contributed by atoms with Gasteiger partial charge in [0.2, 0.25) is 29.5 Å². The van der Waals surface area contributed by atoms with Crippen LogP contribution in [-0.2, 0) is 24.0 Å². The molecule has 6 N–H and O–H groups in total. The minimum Gasteiger partial charge on any atom is -0.368 e. The second kappa shape index (κ2) is 34.8. The summed E-state index contributed by atoms with van der Waals surface area (Å²) in [5.74, 6) is -2.12. The van der Waals surface area contributed by atoms with Crippen LogP contribution in [0.1, 0.15) is 200 Å². The van der Waals surface area contributed by atoms with Crippen molar-refractivity contribution in [2.45, 2.75) is 212 Å². The number of amides is 5. The molecule has 10 heteroatoms. The minimum atomic E-state index is -0.986. The quantitative estimate of drug-likeness (QED) is 0.0286. The van der Waals surface area contributed by atoms with E-state index in [1.54, 1.807) is 12.2 Å². The maximum absolute atomic E-state index is 13.9. The van der Waals surface area contributed by atoms with Crippen molar-refractivity contribution in [2.24, 2.45) is 22.0 Å². The van der Waals surface area contributed by atoms with Gasteiger partial charge in [0.15, 0.2) is 0 Å². The molecule has 0 heterocycles. The Morgan fingerprint density at radius 3 is 1.11 bits per heavy atom. The highest BCUT2D eigenvalue weighted by molar-refractivity contribution is 5.95. The lowest BCUT2D eigenvalue weighted by atomic mass is 9.72. The Morgan fingerprint density at radius 1 is 0.451 bits per heavy atom. The summed E-state index contributed by atoms with van der Waals surface area (Å²) in [5, 5.41) is 11.5. The van der Waals surface area contributed by atoms with E-state index < -0.39 is 29.8 Å². The van der Waals surface area contributed by atoms with Gasteiger partial charge in [0.25, 0.3) is 0 Å². The zero-order valence-corrected chi connectivity index (χ0v) is 53.2. The van der Waals surface area contributed by atoms with Gasteiger partial charge in [0, 0.05) is 31.3 Å². The lowest BCUT2D eigenvalue weighted by Gasteiger charge is -2.33. The van der Waals surface area contributed by atoms with E-state index in [2.05, 4.69) is 134 Å². The summed E-state index contributed by atoms with van der Waals surface area (Å²) < 4.78 is 0. The van der Waals surface area contributed by atoms with Crippen LogP contribution in [0.25, 0.3) is 0 Å². The number of rotatable bonds is 29. The number of carbonyl (C=O) groups excluding carboxylic acids is 5. The summed E-state index contributed by atoms with van der Waals surface area (Å²) in [4.78, 5) is 65.7. The maximum atomic E-state index is 13.9. The lowest BCUT2D eigenvalue weighted by Crippen LogP contribution is -2.52. The second-order valence-corrected chi connectivity index (χ2v) is 25.4. The smallest absolute Gasteiger partial charge is 0.244 e. The molecule has 2 atom stereocenters. The van der Waals surface area contributed by atoms with E-state index in [4.69, 9.17) is 5.73 Å². The largest absolute Gasteiger partial charge is 0.368 e. The standard InChI is InChI=1S/C72H105N5O5/c1-51(37-40-60-57(7)32-23-43-70(60,10)11)26-20-29-54(4)48-65(78)74-46-18-16-35-63(68(73)81)77-69(82)64(76-67(80)50-56(6)31-22-28-53(3)39-42-62-59(9)34-25-45-72(62,14)15)36-17-19-47-75-66(79)49-55(5)30-21-27-52(2)38-41-61-58(8)33-24-44-71(61,12)13/h20-22,26-31,37-42,48-50,63-64H,16-19,23-25,32-36,43-47H2,1-15H3,(H2,73,81)(H,74,78)(H,75,79)(H,76,80)(H,77,82)/b29-20+,30-21+,31-22+,40-37+,41-38+,42-39+,51-26+,52-27+,53-28+,54-48+,55-49+,56-50+/t63-,64+/m0/s1. The van der Waals surface area contributed by atoms with E-state index in [1.165, 1.54) is 78.0 Å². The van der Waals surface area contributed by atoms with Crippen LogP contribution in [0.2, 0.25) is 0 Å². The van der Waals surface area contributed by atoms with E-state index >= 15 is 0 Å². The van der Waals surface area contributed by atoms with Crippen molar-refractivity contribution in [3.8, 4) is 0 Å². The number of hydrogen-bond acceptors (Lipinski definition) is 5. The van der Waals surface area contributed by atoms with Gasteiger partial charge in [-0.3, -0.25) is 24.0 Å². The summed E-state index contributed by atoms with van der Waals surface area (Å²) in [6.45, 7) is 33.1. The fourth-order valence-corrected chi connectivity index (χ4v) is 11.2. The SMILES string of the molecule is CC1=C(/C=C/C(C)=C/C=C/C(C)=C/C(=O)NCCCC[C@H](NC(=O)[C@@H](CCCCNC(=O)/C=C(C)/C=C/C=C(C)/C=C/C2=C(C)CCCC2(C)C)NC(=O)/C=C(C)/C=C/C=C(C)/C=C/C2=C(C)CCCC2(C)C)C(N)=O)C(C)(C)CCC1. The number of primary amides is 1. The van der Waals surface area contributed by atoms with Gasteiger partial charge in [-0.15, -0.1) is 0 Å². The third-order valence-electron chi connectivity index (χ3n) is 16.1. The molecular weight excluding hydrogens is 1010 g/mol. The van der Waals surface area contributed by atoms with E-state index in [0.717, 1.165) is 47.1 Å². The van der Waals surface area contributed by atoms with Crippen molar-refractivity contribution < 1.29 is 24.0 Å². The van der Waals surface area contributed by atoms with E-state index in [9.17, 15) is 24.0 Å². The monoisotopic (exact) mass is 1120 g/mol. The summed E-state index contributed by atoms with van der Waals surface area (Å²) in [5.41, 5.74) is 20.6. The van der Waals surface area contributed by atoms with Gasteiger partial charge < -0.3 is 27.0 Å². The molecule has 82 heavy (non-hydrogen) atoms. The highest BCUT2D eigenvalue weighted by Crippen LogP contribution is 2.43. The molecular formula is C72H105N5O5. The van der Waals surface area contributed by atoms with Crippen molar-refractivity contribution in [3.05, 3.63) is 176 Å². The molecule has 0 radical (unpaired) electrons. The van der Waals surface area contributed by atoms with Crippen molar-refractivity contribution >= 4 is 29.5 Å². The molecule has 0 aromatic rings. The van der Waals surface area contributed by atoms with Crippen molar-refractivity contribution in [1.29, 1.82) is 0 Å². The predicted octanol–water partition coefficient (Wildman–Crippen LogP) is 15.6. The molecule has 3 aliphatic rings. The third-order valence-corrected chi connectivity index (χ3v) is 16.1. The first-order valence-corrected chi connectivity index (χ1v) is 30.3. The highest BCUT2D eigenvalue weighted by atomic mass is 16.2. The number of allylic oxidation sites excluding steroid dienone is 27. The van der Waals surface area contributed by atoms with Gasteiger partial charge in [-0.1, -0.05) is 166 Å². The van der Waals surface area contributed by atoms with Crippen LogP contribution >= 0.6 is 0 Å². The average Bonchev–Trinajstić information content (AvgIpc) is 3.43. The molecule has 0 spiro atoms. The zero-order valence-electron chi connectivity index (χ0n) is 53.2. The highest BCUT2D eigenvalue weighted by Gasteiger charge is 2.29. The Bertz CT molecular complexity index is 2740. The van der Waals surface area contributed by atoms with Crippen molar-refractivity contribution in [1.82, 2.24) is 21.3 Å². The minimum absolute atomic E-state index is 0.151. The first-order valence-electron chi connectivity index (χ1n) is 30.3. The van der Waals surface area contributed by atoms with Gasteiger partial charge in [0.1, 0.15) is 12.1 Å². The fourth-order valence-electron chi connectivity index (χ4n) is 11.2. The summed E-state index contributed by atoms with van der Waals surface area (Å²) in [6.07, 6.45) is 48.6. The molecule has 0 saturated carbocycles. The number of nitrogens with one attached hydrogen (secondary N) is 4. The first-order chi connectivity index (χ1) is 38.6. The maximum Gasteiger partial charge on any atom is 0.244 e. The van der Waals surface area contributed by atoms with E-state index in [1.807, 2.05) is 82.4 Å². The van der Waals surface area contributed by atoms with Gasteiger partial charge >= 0.3 is 0 Å². The lowest BCUT2D eigenvalue weighted by molar-refractivity contribution is -0.130.